The van der Waals surface area contributed by atoms with Crippen LogP contribution in [-0.4, -0.2) is 56.7 Å². The van der Waals surface area contributed by atoms with E-state index in [4.69, 9.17) is 21.3 Å². The van der Waals surface area contributed by atoms with Gasteiger partial charge in [-0.25, -0.2) is 4.98 Å². The van der Waals surface area contributed by atoms with Crippen LogP contribution >= 0.6 is 11.6 Å². The first kappa shape index (κ1) is 28.6. The van der Waals surface area contributed by atoms with Crippen LogP contribution in [0.4, 0.5) is 0 Å². The lowest BCUT2D eigenvalue weighted by Crippen LogP contribution is -2.37. The zero-order chi connectivity index (χ0) is 28.1. The summed E-state index contributed by atoms with van der Waals surface area (Å²) in [5.41, 5.74) is 3.29. The number of likely N-dealkylation sites (tertiary alicyclic amines) is 1. The molecule has 2 heterocycles. The SMILES string of the molecule is CC(C)Oc1ccc(C(=O)N[C@H](CCO)Cc2ccc(-c3cn(C)c([C@@H](C)N4CCCC4=O)n3)cc2)cc1Cl. The Hall–Kier alpha value is -3.36. The van der Waals surface area contributed by atoms with Crippen LogP contribution in [0, 0.1) is 0 Å². The number of halogens is 1. The number of hydrogen-bond donors (Lipinski definition) is 2. The van der Waals surface area contributed by atoms with Crippen LogP contribution in [0.1, 0.15) is 67.8 Å². The minimum absolute atomic E-state index is 0.0219. The zero-order valence-electron chi connectivity index (χ0n) is 23.0. The third-order valence-corrected chi connectivity index (χ3v) is 7.26. The fraction of sp³-hybridized carbons (Fsp3) is 0.433. The summed E-state index contributed by atoms with van der Waals surface area (Å²) in [6, 6.07) is 12.7. The van der Waals surface area contributed by atoms with Crippen molar-refractivity contribution in [1.29, 1.82) is 0 Å². The molecule has 8 nitrogen and oxygen atoms in total. The van der Waals surface area contributed by atoms with Crippen LogP contribution in [-0.2, 0) is 18.3 Å². The molecule has 1 aliphatic rings. The van der Waals surface area contributed by atoms with Crippen molar-refractivity contribution in [2.45, 2.75) is 64.6 Å². The Morgan fingerprint density at radius 3 is 2.54 bits per heavy atom. The van der Waals surface area contributed by atoms with Gasteiger partial charge >= 0.3 is 0 Å². The lowest BCUT2D eigenvalue weighted by atomic mass is 10.0. The van der Waals surface area contributed by atoms with Gasteiger partial charge in [0.2, 0.25) is 5.91 Å². The number of aromatic nitrogens is 2. The quantitative estimate of drug-likeness (QED) is 0.351. The average Bonchev–Trinajstić information content (AvgIpc) is 3.50. The van der Waals surface area contributed by atoms with E-state index >= 15 is 0 Å². The van der Waals surface area contributed by atoms with Crippen molar-refractivity contribution in [3.63, 3.8) is 0 Å². The standard InChI is InChI=1S/C30H37ClN4O4/c1-19(2)39-27-12-11-23(17-25(27)31)30(38)32-24(13-15-36)16-21-7-9-22(10-8-21)26-18-34(4)29(33-26)20(3)35-14-5-6-28(35)37/h7-12,17-20,24,36H,5-6,13-16H2,1-4H3,(H,32,38)/t20-,24-/m1/s1. The molecule has 0 bridgehead atoms. The number of nitrogens with one attached hydrogen (secondary N) is 1. The number of rotatable bonds is 11. The number of nitrogens with zero attached hydrogens (tertiary/aromatic N) is 3. The van der Waals surface area contributed by atoms with Crippen LogP contribution in [0.5, 0.6) is 5.75 Å². The molecule has 4 rings (SSSR count). The van der Waals surface area contributed by atoms with E-state index in [0.717, 1.165) is 35.6 Å². The largest absolute Gasteiger partial charge is 0.489 e. The summed E-state index contributed by atoms with van der Waals surface area (Å²) in [7, 11) is 1.96. The van der Waals surface area contributed by atoms with Gasteiger partial charge in [-0.2, -0.15) is 0 Å². The van der Waals surface area contributed by atoms with Crippen molar-refractivity contribution in [3.8, 4) is 17.0 Å². The minimum atomic E-state index is -0.255. The third kappa shape index (κ3) is 6.99. The molecule has 2 amide bonds. The van der Waals surface area contributed by atoms with Gasteiger partial charge in [0.1, 0.15) is 11.6 Å². The molecule has 1 fully saturated rings. The van der Waals surface area contributed by atoms with Gasteiger partial charge in [-0.05, 0) is 63.8 Å². The maximum Gasteiger partial charge on any atom is 0.251 e. The molecule has 0 radical (unpaired) electrons. The van der Waals surface area contributed by atoms with E-state index in [0.29, 0.717) is 35.6 Å². The van der Waals surface area contributed by atoms with Crippen molar-refractivity contribution in [2.24, 2.45) is 7.05 Å². The molecule has 208 valence electrons. The molecule has 2 aromatic carbocycles. The van der Waals surface area contributed by atoms with E-state index in [1.807, 2.05) is 67.7 Å². The second-order valence-electron chi connectivity index (χ2n) is 10.4. The Labute approximate surface area is 234 Å². The van der Waals surface area contributed by atoms with Crippen molar-refractivity contribution in [3.05, 3.63) is 70.6 Å². The number of aliphatic hydroxyl groups is 1. The first-order valence-corrected chi connectivity index (χ1v) is 13.8. The predicted molar refractivity (Wildman–Crippen MR) is 152 cm³/mol. The Morgan fingerprint density at radius 1 is 1.18 bits per heavy atom. The van der Waals surface area contributed by atoms with Gasteiger partial charge < -0.3 is 24.6 Å². The highest BCUT2D eigenvalue weighted by Crippen LogP contribution is 2.28. The maximum absolute atomic E-state index is 12.9. The number of carbonyl (C=O) groups excluding carboxylic acids is 2. The molecule has 2 N–H and O–H groups in total. The number of hydrogen-bond acceptors (Lipinski definition) is 5. The average molecular weight is 553 g/mol. The lowest BCUT2D eigenvalue weighted by molar-refractivity contribution is -0.129. The molecule has 1 saturated heterocycles. The molecule has 1 aliphatic heterocycles. The smallest absolute Gasteiger partial charge is 0.251 e. The number of aryl methyl sites for hydroxylation is 1. The summed E-state index contributed by atoms with van der Waals surface area (Å²) in [4.78, 5) is 31.9. The minimum Gasteiger partial charge on any atom is -0.489 e. The maximum atomic E-state index is 12.9. The Bertz CT molecular complexity index is 1300. The van der Waals surface area contributed by atoms with E-state index in [-0.39, 0.29) is 36.6 Å². The number of amides is 2. The van der Waals surface area contributed by atoms with E-state index in [2.05, 4.69) is 5.32 Å². The molecule has 9 heteroatoms. The van der Waals surface area contributed by atoms with E-state index in [9.17, 15) is 14.7 Å². The molecule has 0 saturated carbocycles. The van der Waals surface area contributed by atoms with Crippen LogP contribution in [0.2, 0.25) is 5.02 Å². The van der Waals surface area contributed by atoms with Gasteiger partial charge in [0.05, 0.1) is 22.9 Å². The number of benzene rings is 2. The molecule has 3 aromatic rings. The van der Waals surface area contributed by atoms with Crippen LogP contribution in [0.3, 0.4) is 0 Å². The highest BCUT2D eigenvalue weighted by atomic mass is 35.5. The van der Waals surface area contributed by atoms with Crippen molar-refractivity contribution in [2.75, 3.05) is 13.2 Å². The highest BCUT2D eigenvalue weighted by Gasteiger charge is 2.28. The number of imidazole rings is 1. The van der Waals surface area contributed by atoms with Gasteiger partial charge in [-0.1, -0.05) is 35.9 Å². The second kappa shape index (κ2) is 12.7. The van der Waals surface area contributed by atoms with Gasteiger partial charge in [-0.15, -0.1) is 0 Å². The monoisotopic (exact) mass is 552 g/mol. The van der Waals surface area contributed by atoms with E-state index < -0.39 is 0 Å². The highest BCUT2D eigenvalue weighted by molar-refractivity contribution is 6.32. The molecule has 0 unspecified atom stereocenters. The molecule has 0 aliphatic carbocycles. The second-order valence-corrected chi connectivity index (χ2v) is 10.8. The number of ether oxygens (including phenoxy) is 1. The lowest BCUT2D eigenvalue weighted by Gasteiger charge is -2.23. The van der Waals surface area contributed by atoms with Gasteiger partial charge in [0, 0.05) is 50.0 Å². The van der Waals surface area contributed by atoms with E-state index in [1.165, 1.54) is 0 Å². The molecule has 2 atom stereocenters. The number of carbonyl (C=O) groups is 2. The van der Waals surface area contributed by atoms with E-state index in [1.54, 1.807) is 18.2 Å². The third-order valence-electron chi connectivity index (χ3n) is 6.96. The summed E-state index contributed by atoms with van der Waals surface area (Å²) in [5, 5.41) is 13.0. The molecular weight excluding hydrogens is 516 g/mol. The molecule has 39 heavy (non-hydrogen) atoms. The first-order valence-electron chi connectivity index (χ1n) is 13.5. The van der Waals surface area contributed by atoms with Gasteiger partial charge in [0.15, 0.2) is 0 Å². The molecule has 0 spiro atoms. The van der Waals surface area contributed by atoms with Crippen molar-refractivity contribution >= 4 is 23.4 Å². The Morgan fingerprint density at radius 2 is 1.92 bits per heavy atom. The summed E-state index contributed by atoms with van der Waals surface area (Å²) in [5.74, 6) is 1.32. The van der Waals surface area contributed by atoms with Gasteiger partial charge in [-0.3, -0.25) is 9.59 Å². The van der Waals surface area contributed by atoms with Crippen LogP contribution in [0.25, 0.3) is 11.3 Å². The summed E-state index contributed by atoms with van der Waals surface area (Å²) < 4.78 is 7.63. The summed E-state index contributed by atoms with van der Waals surface area (Å²) in [6.45, 7) is 6.58. The zero-order valence-corrected chi connectivity index (χ0v) is 23.7. The molecular formula is C30H37ClN4O4. The predicted octanol–water partition coefficient (Wildman–Crippen LogP) is 4.93. The Balaban J connectivity index is 1.42. The molecule has 1 aromatic heterocycles. The van der Waals surface area contributed by atoms with Gasteiger partial charge in [0.25, 0.3) is 5.91 Å². The fourth-order valence-electron chi connectivity index (χ4n) is 4.96. The topological polar surface area (TPSA) is 96.7 Å². The normalized spacial score (nSPS) is 15.1. The summed E-state index contributed by atoms with van der Waals surface area (Å²) in [6.07, 6.45) is 4.45. The number of aliphatic hydroxyl groups excluding tert-OH is 1. The van der Waals surface area contributed by atoms with Crippen molar-refractivity contribution in [1.82, 2.24) is 19.8 Å². The van der Waals surface area contributed by atoms with Crippen molar-refractivity contribution < 1.29 is 19.4 Å². The summed E-state index contributed by atoms with van der Waals surface area (Å²) >= 11 is 6.31. The van der Waals surface area contributed by atoms with Crippen LogP contribution in [0.15, 0.2) is 48.7 Å². The van der Waals surface area contributed by atoms with Crippen LogP contribution < -0.4 is 10.1 Å². The first-order chi connectivity index (χ1) is 18.7. The Kier molecular flexibility index (Phi) is 9.30. The fourth-order valence-corrected chi connectivity index (χ4v) is 5.19.